The molecule has 0 spiro atoms. The first kappa shape index (κ1) is 11.9. The Hall–Kier alpha value is -1.13. The van der Waals surface area contributed by atoms with Gasteiger partial charge in [0.2, 0.25) is 0 Å². The topological polar surface area (TPSA) is 60.2 Å². The number of nitrogen functional groups attached to an aromatic ring is 1. The van der Waals surface area contributed by atoms with Crippen LogP contribution in [0.4, 0.5) is 5.69 Å². The molecule has 0 radical (unpaired) electrons. The van der Waals surface area contributed by atoms with Crippen molar-refractivity contribution in [1.82, 2.24) is 10.3 Å². The van der Waals surface area contributed by atoms with Crippen LogP contribution >= 0.6 is 0 Å². The van der Waals surface area contributed by atoms with Gasteiger partial charge in [0.25, 0.3) is 0 Å². The van der Waals surface area contributed by atoms with Crippen molar-refractivity contribution in [2.24, 2.45) is 0 Å². The lowest BCUT2D eigenvalue weighted by Gasteiger charge is -2.05. The maximum atomic E-state index is 5.80. The van der Waals surface area contributed by atoms with Gasteiger partial charge < -0.3 is 15.8 Å². The van der Waals surface area contributed by atoms with E-state index in [1.54, 1.807) is 13.3 Å². The molecule has 1 aromatic heterocycles. The molecule has 0 amide bonds. The molecule has 0 unspecified atom stereocenters. The van der Waals surface area contributed by atoms with Crippen LogP contribution in [-0.2, 0) is 11.2 Å². The number of nitrogens with two attached hydrogens (primary N) is 1. The molecule has 15 heavy (non-hydrogen) atoms. The van der Waals surface area contributed by atoms with Gasteiger partial charge in [-0.25, -0.2) is 0 Å². The van der Waals surface area contributed by atoms with Crippen molar-refractivity contribution >= 4 is 5.69 Å². The first-order valence-corrected chi connectivity index (χ1v) is 5.22. The Kier molecular flexibility index (Phi) is 5.73. The van der Waals surface area contributed by atoms with E-state index < -0.39 is 0 Å². The molecule has 0 saturated carbocycles. The summed E-state index contributed by atoms with van der Waals surface area (Å²) < 4.78 is 4.93. The number of methoxy groups -OCH3 is 1. The highest BCUT2D eigenvalue weighted by molar-refractivity contribution is 5.44. The second kappa shape index (κ2) is 7.20. The minimum absolute atomic E-state index is 0.759. The molecule has 0 fully saturated rings. The Balaban J connectivity index is 2.12. The highest BCUT2D eigenvalue weighted by Crippen LogP contribution is 2.10. The molecule has 1 heterocycles. The monoisotopic (exact) mass is 209 g/mol. The number of hydrogen-bond acceptors (Lipinski definition) is 4. The molecule has 84 valence electrons. The van der Waals surface area contributed by atoms with E-state index in [-0.39, 0.29) is 0 Å². The van der Waals surface area contributed by atoms with Gasteiger partial charge in [-0.3, -0.25) is 4.98 Å². The number of ether oxygens (including phenoxy) is 1. The van der Waals surface area contributed by atoms with Crippen molar-refractivity contribution in [1.29, 1.82) is 0 Å². The van der Waals surface area contributed by atoms with Crippen LogP contribution in [0.3, 0.4) is 0 Å². The van der Waals surface area contributed by atoms with Gasteiger partial charge >= 0.3 is 0 Å². The Morgan fingerprint density at radius 1 is 1.47 bits per heavy atom. The molecule has 0 aliphatic heterocycles. The number of anilines is 1. The van der Waals surface area contributed by atoms with Gasteiger partial charge in [0.15, 0.2) is 0 Å². The molecular weight excluding hydrogens is 190 g/mol. The zero-order chi connectivity index (χ0) is 10.9. The number of nitrogens with one attached hydrogen (secondary N) is 1. The Morgan fingerprint density at radius 2 is 2.33 bits per heavy atom. The second-order valence-electron chi connectivity index (χ2n) is 3.42. The molecule has 0 bridgehead atoms. The van der Waals surface area contributed by atoms with Gasteiger partial charge in [0.1, 0.15) is 0 Å². The van der Waals surface area contributed by atoms with Gasteiger partial charge in [-0.15, -0.1) is 0 Å². The van der Waals surface area contributed by atoms with Crippen molar-refractivity contribution in [3.05, 3.63) is 24.0 Å². The van der Waals surface area contributed by atoms with Gasteiger partial charge in [-0.1, -0.05) is 0 Å². The minimum Gasteiger partial charge on any atom is -0.398 e. The minimum atomic E-state index is 0.759. The number of nitrogens with zero attached hydrogens (tertiary/aromatic N) is 1. The first-order valence-electron chi connectivity index (χ1n) is 5.22. The number of rotatable bonds is 7. The van der Waals surface area contributed by atoms with Crippen LogP contribution < -0.4 is 11.1 Å². The van der Waals surface area contributed by atoms with Crippen molar-refractivity contribution in [3.63, 3.8) is 0 Å². The van der Waals surface area contributed by atoms with Gasteiger partial charge in [-0.2, -0.15) is 0 Å². The summed E-state index contributed by atoms with van der Waals surface area (Å²) in [5.74, 6) is 0. The van der Waals surface area contributed by atoms with Crippen molar-refractivity contribution in [2.75, 3.05) is 32.5 Å². The first-order chi connectivity index (χ1) is 7.34. The number of pyridine rings is 1. The average Bonchev–Trinajstić information content (AvgIpc) is 2.25. The van der Waals surface area contributed by atoms with E-state index >= 15 is 0 Å². The van der Waals surface area contributed by atoms with Crippen LogP contribution in [0, 0.1) is 0 Å². The fourth-order valence-electron chi connectivity index (χ4n) is 1.35. The Morgan fingerprint density at radius 3 is 3.07 bits per heavy atom. The van der Waals surface area contributed by atoms with Gasteiger partial charge in [0, 0.05) is 31.7 Å². The molecule has 0 saturated heterocycles. The van der Waals surface area contributed by atoms with E-state index in [0.717, 1.165) is 43.8 Å². The average molecular weight is 209 g/mol. The third-order valence-electron chi connectivity index (χ3n) is 2.22. The normalized spacial score (nSPS) is 10.5. The summed E-state index contributed by atoms with van der Waals surface area (Å²) in [7, 11) is 1.71. The molecule has 0 aromatic carbocycles. The summed E-state index contributed by atoms with van der Waals surface area (Å²) >= 11 is 0. The lowest BCUT2D eigenvalue weighted by Crippen LogP contribution is -2.20. The Bertz CT molecular complexity index is 278. The lowest BCUT2D eigenvalue weighted by atomic mass is 10.1. The molecule has 4 nitrogen and oxygen atoms in total. The van der Waals surface area contributed by atoms with Crippen LogP contribution in [0.5, 0.6) is 0 Å². The van der Waals surface area contributed by atoms with Crippen LogP contribution in [0.15, 0.2) is 18.5 Å². The van der Waals surface area contributed by atoms with Gasteiger partial charge in [-0.05, 0) is 31.0 Å². The predicted molar refractivity (Wildman–Crippen MR) is 61.7 cm³/mol. The molecule has 4 heteroatoms. The largest absolute Gasteiger partial charge is 0.398 e. The summed E-state index contributed by atoms with van der Waals surface area (Å²) in [6, 6.07) is 1.84. The maximum Gasteiger partial charge on any atom is 0.0587 e. The molecular formula is C11H19N3O. The second-order valence-corrected chi connectivity index (χ2v) is 3.42. The molecule has 0 aliphatic rings. The number of aryl methyl sites for hydroxylation is 1. The third-order valence-corrected chi connectivity index (χ3v) is 2.22. The van der Waals surface area contributed by atoms with E-state index in [2.05, 4.69) is 10.3 Å². The summed E-state index contributed by atoms with van der Waals surface area (Å²) in [6.07, 6.45) is 5.60. The van der Waals surface area contributed by atoms with E-state index in [1.807, 2.05) is 12.3 Å². The lowest BCUT2D eigenvalue weighted by molar-refractivity contribution is 0.199. The van der Waals surface area contributed by atoms with E-state index in [4.69, 9.17) is 10.5 Å². The fraction of sp³-hybridized carbons (Fsp3) is 0.545. The van der Waals surface area contributed by atoms with Crippen LogP contribution in [0.25, 0.3) is 0 Å². The van der Waals surface area contributed by atoms with Crippen LogP contribution in [0.1, 0.15) is 12.0 Å². The van der Waals surface area contributed by atoms with Crippen molar-refractivity contribution in [3.8, 4) is 0 Å². The zero-order valence-corrected chi connectivity index (χ0v) is 9.20. The number of hydrogen-bond donors (Lipinski definition) is 2. The number of aromatic nitrogens is 1. The SMILES string of the molecule is COCCNCCCc1cnccc1N. The van der Waals surface area contributed by atoms with E-state index in [0.29, 0.717) is 0 Å². The van der Waals surface area contributed by atoms with E-state index in [9.17, 15) is 0 Å². The summed E-state index contributed by atoms with van der Waals surface area (Å²) in [5.41, 5.74) is 7.77. The van der Waals surface area contributed by atoms with Crippen molar-refractivity contribution in [2.45, 2.75) is 12.8 Å². The molecule has 0 atom stereocenters. The van der Waals surface area contributed by atoms with E-state index in [1.165, 1.54) is 0 Å². The molecule has 0 aliphatic carbocycles. The quantitative estimate of drug-likeness (QED) is 0.653. The maximum absolute atomic E-state index is 5.80. The summed E-state index contributed by atoms with van der Waals surface area (Å²) in [6.45, 7) is 2.64. The highest BCUT2D eigenvalue weighted by atomic mass is 16.5. The van der Waals surface area contributed by atoms with Crippen LogP contribution in [0.2, 0.25) is 0 Å². The molecule has 3 N–H and O–H groups in total. The summed E-state index contributed by atoms with van der Waals surface area (Å²) in [5, 5.41) is 3.29. The zero-order valence-electron chi connectivity index (χ0n) is 9.20. The summed E-state index contributed by atoms with van der Waals surface area (Å²) in [4.78, 5) is 4.05. The predicted octanol–water partition coefficient (Wildman–Crippen LogP) is 0.832. The third kappa shape index (κ3) is 4.76. The molecule has 1 rings (SSSR count). The smallest absolute Gasteiger partial charge is 0.0587 e. The highest BCUT2D eigenvalue weighted by Gasteiger charge is 1.97. The molecule has 1 aromatic rings. The van der Waals surface area contributed by atoms with Gasteiger partial charge in [0.05, 0.1) is 6.61 Å². The Labute approximate surface area is 90.8 Å². The fourth-order valence-corrected chi connectivity index (χ4v) is 1.35. The van der Waals surface area contributed by atoms with Crippen molar-refractivity contribution < 1.29 is 4.74 Å². The van der Waals surface area contributed by atoms with Crippen LogP contribution in [-0.4, -0.2) is 31.8 Å². The standard InChI is InChI=1S/C11H19N3O/c1-15-8-7-13-5-2-3-10-9-14-6-4-11(10)12/h4,6,9,13H,2-3,5,7-8H2,1H3,(H2,12,14).